The summed E-state index contributed by atoms with van der Waals surface area (Å²) in [4.78, 5) is 47.2. The van der Waals surface area contributed by atoms with Crippen LogP contribution in [0.5, 0.6) is 0 Å². The topological polar surface area (TPSA) is 176 Å². The molecule has 2 amide bonds. The zero-order valence-corrected chi connectivity index (χ0v) is 20.0. The Kier molecular flexibility index (Phi) is 7.34. The minimum atomic E-state index is -1.09. The van der Waals surface area contributed by atoms with Gasteiger partial charge in [-0.3, -0.25) is 9.69 Å². The number of pyridine rings is 1. The van der Waals surface area contributed by atoms with Gasteiger partial charge in [0, 0.05) is 23.9 Å². The van der Waals surface area contributed by atoms with Gasteiger partial charge in [-0.25, -0.2) is 24.2 Å². The SMILES string of the molecule is CCOC(=O)c1c(-c2ccc(C(=O)Nc3cc(C#N)ccn3)cc2)nc(C2CCCCN2C(=O)O)n1N. The predicted molar refractivity (Wildman–Crippen MR) is 132 cm³/mol. The number of likely N-dealkylation sites (tertiary alicyclic amines) is 1. The molecule has 2 aromatic heterocycles. The highest BCUT2D eigenvalue weighted by atomic mass is 16.5. The van der Waals surface area contributed by atoms with E-state index in [4.69, 9.17) is 15.8 Å². The predicted octanol–water partition coefficient (Wildman–Crippen LogP) is 3.16. The van der Waals surface area contributed by atoms with Crippen molar-refractivity contribution in [2.24, 2.45) is 0 Å². The zero-order chi connectivity index (χ0) is 26.5. The molecule has 0 spiro atoms. The van der Waals surface area contributed by atoms with Gasteiger partial charge in [0.1, 0.15) is 11.5 Å². The number of imidazole rings is 1. The summed E-state index contributed by atoms with van der Waals surface area (Å²) in [6.45, 7) is 2.12. The second-order valence-corrected chi connectivity index (χ2v) is 8.32. The average Bonchev–Trinajstić information content (AvgIpc) is 3.25. The Balaban J connectivity index is 1.67. The van der Waals surface area contributed by atoms with E-state index in [9.17, 15) is 19.5 Å². The van der Waals surface area contributed by atoms with Crippen molar-refractivity contribution in [3.8, 4) is 17.3 Å². The lowest BCUT2D eigenvalue weighted by Gasteiger charge is -2.32. The third kappa shape index (κ3) is 5.20. The average molecular weight is 504 g/mol. The van der Waals surface area contributed by atoms with Crippen LogP contribution in [0.3, 0.4) is 0 Å². The highest BCUT2D eigenvalue weighted by molar-refractivity contribution is 6.04. The molecule has 1 saturated heterocycles. The molecule has 3 aromatic rings. The molecule has 37 heavy (non-hydrogen) atoms. The third-order valence-corrected chi connectivity index (χ3v) is 6.00. The molecule has 4 N–H and O–H groups in total. The molecule has 1 fully saturated rings. The molecule has 1 aromatic carbocycles. The quantitative estimate of drug-likeness (QED) is 0.337. The van der Waals surface area contributed by atoms with Crippen LogP contribution in [0, 0.1) is 11.3 Å². The van der Waals surface area contributed by atoms with Gasteiger partial charge in [0.15, 0.2) is 11.5 Å². The molecule has 4 rings (SSSR count). The van der Waals surface area contributed by atoms with Crippen LogP contribution in [0.15, 0.2) is 42.6 Å². The molecule has 0 radical (unpaired) electrons. The lowest BCUT2D eigenvalue weighted by molar-refractivity contribution is 0.0516. The first-order valence-electron chi connectivity index (χ1n) is 11.7. The van der Waals surface area contributed by atoms with Gasteiger partial charge in [-0.05, 0) is 50.5 Å². The number of nitrogens with two attached hydrogens (primary N) is 1. The number of piperidine rings is 1. The number of hydrogen-bond acceptors (Lipinski definition) is 8. The van der Waals surface area contributed by atoms with Gasteiger partial charge in [-0.15, -0.1) is 0 Å². The number of nitrogens with zero attached hydrogens (tertiary/aromatic N) is 5. The Morgan fingerprint density at radius 1 is 1.24 bits per heavy atom. The number of nitrogens with one attached hydrogen (secondary N) is 1. The van der Waals surface area contributed by atoms with Gasteiger partial charge in [0.05, 0.1) is 24.3 Å². The lowest BCUT2D eigenvalue weighted by atomic mass is 10.0. The van der Waals surface area contributed by atoms with Crippen LogP contribution < -0.4 is 11.2 Å². The van der Waals surface area contributed by atoms with Crippen molar-refractivity contribution < 1.29 is 24.2 Å². The number of aromatic nitrogens is 3. The number of carbonyl (C=O) groups excluding carboxylic acids is 2. The van der Waals surface area contributed by atoms with E-state index >= 15 is 0 Å². The molecule has 3 heterocycles. The van der Waals surface area contributed by atoms with Gasteiger partial charge in [-0.2, -0.15) is 5.26 Å². The van der Waals surface area contributed by atoms with Crippen LogP contribution in [0.25, 0.3) is 11.3 Å². The number of anilines is 1. The largest absolute Gasteiger partial charge is 0.465 e. The van der Waals surface area contributed by atoms with Crippen LogP contribution in [0.2, 0.25) is 0 Å². The third-order valence-electron chi connectivity index (χ3n) is 6.00. The van der Waals surface area contributed by atoms with E-state index in [1.165, 1.54) is 23.2 Å². The van der Waals surface area contributed by atoms with Gasteiger partial charge >= 0.3 is 12.1 Å². The van der Waals surface area contributed by atoms with Gasteiger partial charge < -0.3 is 21.0 Å². The van der Waals surface area contributed by atoms with Crippen molar-refractivity contribution in [1.82, 2.24) is 19.5 Å². The van der Waals surface area contributed by atoms with Crippen molar-refractivity contribution in [2.45, 2.75) is 32.2 Å². The number of esters is 1. The number of rotatable bonds is 6. The molecule has 1 aliphatic rings. The van der Waals surface area contributed by atoms with Crippen LogP contribution >= 0.6 is 0 Å². The van der Waals surface area contributed by atoms with E-state index in [1.54, 1.807) is 31.2 Å². The second kappa shape index (κ2) is 10.8. The van der Waals surface area contributed by atoms with Crippen molar-refractivity contribution >= 4 is 23.8 Å². The summed E-state index contributed by atoms with van der Waals surface area (Å²) in [5.41, 5.74) is 1.37. The molecule has 12 heteroatoms. The van der Waals surface area contributed by atoms with Gasteiger partial charge in [0.25, 0.3) is 5.91 Å². The van der Waals surface area contributed by atoms with Crippen molar-refractivity contribution in [1.29, 1.82) is 5.26 Å². The summed E-state index contributed by atoms with van der Waals surface area (Å²) in [6, 6.07) is 10.7. The van der Waals surface area contributed by atoms with Crippen molar-refractivity contribution in [2.75, 3.05) is 24.3 Å². The second-order valence-electron chi connectivity index (χ2n) is 8.32. The summed E-state index contributed by atoms with van der Waals surface area (Å²) in [7, 11) is 0. The van der Waals surface area contributed by atoms with Crippen molar-refractivity contribution in [3.63, 3.8) is 0 Å². The molecule has 1 unspecified atom stereocenters. The van der Waals surface area contributed by atoms with E-state index in [0.29, 0.717) is 29.7 Å². The van der Waals surface area contributed by atoms with Gasteiger partial charge in [-0.1, -0.05) is 12.1 Å². The van der Waals surface area contributed by atoms with Crippen LogP contribution in [-0.2, 0) is 4.74 Å². The maximum atomic E-state index is 12.8. The first kappa shape index (κ1) is 25.2. The maximum Gasteiger partial charge on any atom is 0.407 e. The number of nitrogen functional groups attached to an aromatic ring is 1. The zero-order valence-electron chi connectivity index (χ0n) is 20.0. The molecule has 0 aliphatic carbocycles. The summed E-state index contributed by atoms with van der Waals surface area (Å²) in [5.74, 6) is 5.64. The highest BCUT2D eigenvalue weighted by Gasteiger charge is 2.34. The minimum absolute atomic E-state index is 0.0116. The van der Waals surface area contributed by atoms with E-state index in [-0.39, 0.29) is 29.6 Å². The standard InChI is InChI=1S/C25H25N7O5/c1-2-37-24(34)21-20(30-22(32(21)27)18-5-3-4-12-31(18)25(35)36)16-6-8-17(9-7-16)23(33)29-19-13-15(14-26)10-11-28-19/h6-11,13,18H,2-5,12,27H2,1H3,(H,35,36)(H,28,29,33). The molecule has 1 atom stereocenters. The fourth-order valence-corrected chi connectivity index (χ4v) is 4.25. The number of ether oxygens (including phenoxy) is 1. The number of carboxylic acid groups (broad SMARTS) is 1. The van der Waals surface area contributed by atoms with Crippen LogP contribution in [-0.4, -0.2) is 55.8 Å². The fourth-order valence-electron chi connectivity index (χ4n) is 4.25. The minimum Gasteiger partial charge on any atom is -0.465 e. The number of carbonyl (C=O) groups is 3. The molecule has 190 valence electrons. The fraction of sp³-hybridized carbons (Fsp3) is 0.280. The summed E-state index contributed by atoms with van der Waals surface area (Å²) < 4.78 is 6.29. The van der Waals surface area contributed by atoms with E-state index in [1.807, 2.05) is 6.07 Å². The first-order valence-corrected chi connectivity index (χ1v) is 11.7. The summed E-state index contributed by atoms with van der Waals surface area (Å²) in [5, 5.41) is 21.3. The normalized spacial score (nSPS) is 15.0. The smallest absolute Gasteiger partial charge is 0.407 e. The van der Waals surface area contributed by atoms with Crippen molar-refractivity contribution in [3.05, 3.63) is 65.2 Å². The number of amides is 2. The first-order chi connectivity index (χ1) is 17.8. The van der Waals surface area contributed by atoms with Crippen LogP contribution in [0.1, 0.15) is 64.5 Å². The highest BCUT2D eigenvalue weighted by Crippen LogP contribution is 2.34. The Morgan fingerprint density at radius 3 is 2.68 bits per heavy atom. The Hall–Kier alpha value is -4.92. The monoisotopic (exact) mass is 503 g/mol. The van der Waals surface area contributed by atoms with Gasteiger partial charge in [0.2, 0.25) is 0 Å². The maximum absolute atomic E-state index is 12.8. The molecular weight excluding hydrogens is 478 g/mol. The number of hydrogen-bond donors (Lipinski definition) is 3. The molecule has 0 saturated carbocycles. The Bertz CT molecular complexity index is 1380. The number of benzene rings is 1. The molecule has 12 nitrogen and oxygen atoms in total. The van der Waals surface area contributed by atoms with E-state index in [2.05, 4.69) is 15.3 Å². The van der Waals surface area contributed by atoms with Crippen LogP contribution in [0.4, 0.5) is 10.6 Å². The summed E-state index contributed by atoms with van der Waals surface area (Å²) in [6.07, 6.45) is 2.37. The summed E-state index contributed by atoms with van der Waals surface area (Å²) >= 11 is 0. The number of nitriles is 1. The Labute approximate surface area is 212 Å². The molecular formula is C25H25N7O5. The van der Waals surface area contributed by atoms with E-state index in [0.717, 1.165) is 17.5 Å². The molecule has 0 bridgehead atoms. The lowest BCUT2D eigenvalue weighted by Crippen LogP contribution is -2.39. The van der Waals surface area contributed by atoms with E-state index < -0.39 is 24.0 Å². The molecule has 1 aliphatic heterocycles. The Morgan fingerprint density at radius 2 is 2.00 bits per heavy atom.